The van der Waals surface area contributed by atoms with Crippen molar-refractivity contribution in [2.75, 3.05) is 13.2 Å². The van der Waals surface area contributed by atoms with Gasteiger partial charge in [-0.2, -0.15) is 0 Å². The number of carbonyl (C=O) groups is 3. The predicted molar refractivity (Wildman–Crippen MR) is 147 cm³/mol. The van der Waals surface area contributed by atoms with Crippen LogP contribution in [0.2, 0.25) is 0 Å². The Hall–Kier alpha value is -4.19. The molecule has 1 N–H and O–H groups in total. The summed E-state index contributed by atoms with van der Waals surface area (Å²) in [5.41, 5.74) is 5.77. The zero-order valence-electron chi connectivity index (χ0n) is 22.2. The monoisotopic (exact) mass is 510 g/mol. The summed E-state index contributed by atoms with van der Waals surface area (Å²) >= 11 is 0. The van der Waals surface area contributed by atoms with Crippen LogP contribution >= 0.6 is 0 Å². The van der Waals surface area contributed by atoms with Crippen molar-refractivity contribution in [2.45, 2.75) is 46.1 Å². The number of ether oxygens (including phenoxy) is 1. The van der Waals surface area contributed by atoms with Crippen LogP contribution in [0.3, 0.4) is 0 Å². The maximum atomic E-state index is 13.3. The minimum Gasteiger partial charge on any atom is -0.463 e. The van der Waals surface area contributed by atoms with Crippen molar-refractivity contribution in [3.05, 3.63) is 118 Å². The van der Waals surface area contributed by atoms with Crippen LogP contribution in [0.5, 0.6) is 0 Å². The van der Waals surface area contributed by atoms with Gasteiger partial charge >= 0.3 is 5.97 Å². The fourth-order valence-electron chi connectivity index (χ4n) is 4.77. The van der Waals surface area contributed by atoms with Gasteiger partial charge in [-0.1, -0.05) is 72.3 Å². The molecule has 6 nitrogen and oxygen atoms in total. The fraction of sp³-hybridized carbons (Fsp3) is 0.281. The van der Waals surface area contributed by atoms with E-state index in [1.54, 1.807) is 30.9 Å². The number of aryl methyl sites for hydroxylation is 1. The number of nitrogens with zero attached hydrogens (tertiary/aromatic N) is 1. The first-order valence-corrected chi connectivity index (χ1v) is 13.0. The number of benzene rings is 3. The molecule has 0 aromatic heterocycles. The van der Waals surface area contributed by atoms with Gasteiger partial charge in [0, 0.05) is 30.1 Å². The lowest BCUT2D eigenvalue weighted by Gasteiger charge is -2.34. The molecule has 0 saturated heterocycles. The van der Waals surface area contributed by atoms with Gasteiger partial charge in [-0.15, -0.1) is 0 Å². The molecule has 0 fully saturated rings. The van der Waals surface area contributed by atoms with Crippen molar-refractivity contribution in [2.24, 2.45) is 0 Å². The minimum atomic E-state index is -0.393. The molecule has 3 aromatic rings. The van der Waals surface area contributed by atoms with Gasteiger partial charge in [0.25, 0.3) is 5.91 Å². The third-order valence-electron chi connectivity index (χ3n) is 6.90. The summed E-state index contributed by atoms with van der Waals surface area (Å²) in [7, 11) is 0. The van der Waals surface area contributed by atoms with E-state index in [1.807, 2.05) is 73.7 Å². The standard InChI is InChI=1S/C32H34N2O4/c1-4-38-32(37)30-23(3)34(29(35)20-28(30)26-14-10-22(2)11-15-26)21-25-12-16-27(17-13-25)31(36)33-19-18-24-8-6-5-7-9-24/h5-17,28H,4,18-21H2,1-3H3,(H,33,36). The first kappa shape index (κ1) is 26.9. The molecule has 0 saturated carbocycles. The average molecular weight is 511 g/mol. The molecule has 3 aromatic carbocycles. The molecule has 6 heteroatoms. The molecular weight excluding hydrogens is 476 g/mol. The molecular formula is C32H34N2O4. The molecule has 4 rings (SSSR count). The van der Waals surface area contributed by atoms with Crippen molar-refractivity contribution in [1.29, 1.82) is 0 Å². The van der Waals surface area contributed by atoms with Crippen LogP contribution in [0.4, 0.5) is 0 Å². The molecule has 196 valence electrons. The summed E-state index contributed by atoms with van der Waals surface area (Å²) < 4.78 is 5.38. The molecule has 1 unspecified atom stereocenters. The predicted octanol–water partition coefficient (Wildman–Crippen LogP) is 5.32. The van der Waals surface area contributed by atoms with Gasteiger partial charge in [0.15, 0.2) is 0 Å². The summed E-state index contributed by atoms with van der Waals surface area (Å²) in [6.45, 7) is 6.71. The normalized spacial score (nSPS) is 15.4. The Bertz CT molecular complexity index is 1310. The molecule has 1 aliphatic heterocycles. The fourth-order valence-corrected chi connectivity index (χ4v) is 4.77. The second kappa shape index (κ2) is 12.4. The van der Waals surface area contributed by atoms with Crippen LogP contribution in [-0.2, 0) is 27.3 Å². The van der Waals surface area contributed by atoms with Crippen LogP contribution in [-0.4, -0.2) is 35.8 Å². The zero-order chi connectivity index (χ0) is 27.1. The van der Waals surface area contributed by atoms with Gasteiger partial charge in [-0.3, -0.25) is 9.59 Å². The molecule has 1 aliphatic rings. The molecule has 2 amide bonds. The maximum Gasteiger partial charge on any atom is 0.336 e. The smallest absolute Gasteiger partial charge is 0.336 e. The van der Waals surface area contributed by atoms with Crippen molar-refractivity contribution in [3.63, 3.8) is 0 Å². The van der Waals surface area contributed by atoms with Gasteiger partial charge in [0.2, 0.25) is 5.91 Å². The number of amides is 2. The minimum absolute atomic E-state index is 0.0520. The Morgan fingerprint density at radius 1 is 0.921 bits per heavy atom. The summed E-state index contributed by atoms with van der Waals surface area (Å²) in [6, 6.07) is 25.2. The van der Waals surface area contributed by atoms with Gasteiger partial charge in [-0.25, -0.2) is 4.79 Å². The highest BCUT2D eigenvalue weighted by Gasteiger charge is 2.36. The third kappa shape index (κ3) is 6.38. The van der Waals surface area contributed by atoms with E-state index in [0.29, 0.717) is 29.9 Å². The summed E-state index contributed by atoms with van der Waals surface area (Å²) in [5.74, 6) is -0.928. The van der Waals surface area contributed by atoms with Crippen molar-refractivity contribution < 1.29 is 19.1 Å². The quantitative estimate of drug-likeness (QED) is 0.395. The van der Waals surface area contributed by atoms with Gasteiger partial charge in [0.05, 0.1) is 18.7 Å². The average Bonchev–Trinajstić information content (AvgIpc) is 2.92. The molecule has 0 aliphatic carbocycles. The lowest BCUT2D eigenvalue weighted by molar-refractivity contribution is -0.140. The van der Waals surface area contributed by atoms with Crippen LogP contribution < -0.4 is 5.32 Å². The van der Waals surface area contributed by atoms with Crippen molar-refractivity contribution in [3.8, 4) is 0 Å². The number of hydrogen-bond donors (Lipinski definition) is 1. The SMILES string of the molecule is CCOC(=O)C1=C(C)N(Cc2ccc(C(=O)NCCc3ccccc3)cc2)C(=O)CC1c1ccc(C)cc1. The van der Waals surface area contributed by atoms with Crippen LogP contribution in [0, 0.1) is 6.92 Å². The van der Waals surface area contributed by atoms with E-state index in [2.05, 4.69) is 5.32 Å². The molecule has 1 heterocycles. The highest BCUT2D eigenvalue weighted by atomic mass is 16.5. The molecule has 0 bridgehead atoms. The number of esters is 1. The number of nitrogens with one attached hydrogen (secondary N) is 1. The van der Waals surface area contributed by atoms with Crippen LogP contribution in [0.25, 0.3) is 0 Å². The lowest BCUT2D eigenvalue weighted by atomic mass is 9.83. The van der Waals surface area contributed by atoms with E-state index in [9.17, 15) is 14.4 Å². The topological polar surface area (TPSA) is 75.7 Å². The Morgan fingerprint density at radius 3 is 2.26 bits per heavy atom. The second-order valence-corrected chi connectivity index (χ2v) is 9.56. The summed E-state index contributed by atoms with van der Waals surface area (Å²) in [6.07, 6.45) is 0.955. The van der Waals surface area contributed by atoms with E-state index in [1.165, 1.54) is 5.56 Å². The van der Waals surface area contributed by atoms with Crippen LogP contribution in [0.1, 0.15) is 58.8 Å². The molecule has 0 spiro atoms. The largest absolute Gasteiger partial charge is 0.463 e. The van der Waals surface area contributed by atoms with Crippen molar-refractivity contribution >= 4 is 17.8 Å². The van der Waals surface area contributed by atoms with E-state index in [4.69, 9.17) is 4.74 Å². The van der Waals surface area contributed by atoms with Gasteiger partial charge < -0.3 is 15.0 Å². The third-order valence-corrected chi connectivity index (χ3v) is 6.90. The zero-order valence-corrected chi connectivity index (χ0v) is 22.2. The number of carbonyl (C=O) groups excluding carboxylic acids is 3. The van der Waals surface area contributed by atoms with Gasteiger partial charge in [-0.05, 0) is 56.0 Å². The molecule has 1 atom stereocenters. The van der Waals surface area contributed by atoms with E-state index in [0.717, 1.165) is 23.1 Å². The number of allylic oxidation sites excluding steroid dienone is 1. The summed E-state index contributed by atoms with van der Waals surface area (Å²) in [5, 5.41) is 2.95. The second-order valence-electron chi connectivity index (χ2n) is 9.56. The highest BCUT2D eigenvalue weighted by Crippen LogP contribution is 2.37. The number of rotatable bonds is 9. The summed E-state index contributed by atoms with van der Waals surface area (Å²) in [4.78, 5) is 40.5. The first-order chi connectivity index (χ1) is 18.4. The van der Waals surface area contributed by atoms with E-state index >= 15 is 0 Å². The Kier molecular flexibility index (Phi) is 8.74. The Labute approximate surface area is 224 Å². The number of hydrogen-bond acceptors (Lipinski definition) is 4. The first-order valence-electron chi connectivity index (χ1n) is 13.0. The van der Waals surface area contributed by atoms with Crippen molar-refractivity contribution in [1.82, 2.24) is 10.2 Å². The van der Waals surface area contributed by atoms with E-state index < -0.39 is 5.97 Å². The van der Waals surface area contributed by atoms with E-state index in [-0.39, 0.29) is 30.8 Å². The molecule has 38 heavy (non-hydrogen) atoms. The Morgan fingerprint density at radius 2 is 1.61 bits per heavy atom. The lowest BCUT2D eigenvalue weighted by Crippen LogP contribution is -2.38. The molecule has 0 radical (unpaired) electrons. The maximum absolute atomic E-state index is 13.3. The van der Waals surface area contributed by atoms with Crippen LogP contribution in [0.15, 0.2) is 90.1 Å². The van der Waals surface area contributed by atoms with Gasteiger partial charge in [0.1, 0.15) is 0 Å². The Balaban J connectivity index is 1.47. The highest BCUT2D eigenvalue weighted by molar-refractivity contribution is 5.96.